The Labute approximate surface area is 199 Å². The predicted octanol–water partition coefficient (Wildman–Crippen LogP) is 4.92. The second-order valence-electron chi connectivity index (χ2n) is 8.66. The van der Waals surface area contributed by atoms with Gasteiger partial charge in [-0.25, -0.2) is 4.79 Å². The summed E-state index contributed by atoms with van der Waals surface area (Å²) in [5, 5.41) is 14.3. The minimum Gasteiger partial charge on any atom is -0.445 e. The van der Waals surface area contributed by atoms with Crippen molar-refractivity contribution in [1.82, 2.24) is 5.32 Å². The van der Waals surface area contributed by atoms with Crippen molar-refractivity contribution in [2.24, 2.45) is 0 Å². The molecule has 4 rings (SSSR count). The number of benzene rings is 3. The van der Waals surface area contributed by atoms with Crippen LogP contribution in [0.25, 0.3) is 10.8 Å². The highest BCUT2D eigenvalue weighted by molar-refractivity contribution is 5.97. The van der Waals surface area contributed by atoms with E-state index in [0.717, 1.165) is 35.6 Å². The molecule has 1 fully saturated rings. The van der Waals surface area contributed by atoms with Gasteiger partial charge in [0, 0.05) is 0 Å². The molecule has 174 valence electrons. The third-order valence-electron chi connectivity index (χ3n) is 6.21. The van der Waals surface area contributed by atoms with Crippen LogP contribution in [0.1, 0.15) is 48.0 Å². The number of ether oxygens (including phenoxy) is 2. The van der Waals surface area contributed by atoms with E-state index in [9.17, 15) is 14.9 Å². The van der Waals surface area contributed by atoms with Gasteiger partial charge in [-0.2, -0.15) is 5.26 Å². The maximum absolute atomic E-state index is 13.3. The largest absolute Gasteiger partial charge is 0.445 e. The van der Waals surface area contributed by atoms with E-state index in [0.29, 0.717) is 25.0 Å². The Bertz CT molecular complexity index is 1180. The van der Waals surface area contributed by atoms with Crippen LogP contribution in [0.15, 0.2) is 72.8 Å². The summed E-state index contributed by atoms with van der Waals surface area (Å²) in [7, 11) is 0. The van der Waals surface area contributed by atoms with Crippen LogP contribution in [0.5, 0.6) is 0 Å². The zero-order valence-electron chi connectivity index (χ0n) is 19.0. The van der Waals surface area contributed by atoms with Crippen LogP contribution in [-0.2, 0) is 20.9 Å². The van der Waals surface area contributed by atoms with Gasteiger partial charge < -0.3 is 14.8 Å². The van der Waals surface area contributed by atoms with Gasteiger partial charge >= 0.3 is 5.97 Å². The Morgan fingerprint density at radius 3 is 2.38 bits per heavy atom. The fourth-order valence-electron chi connectivity index (χ4n) is 4.32. The van der Waals surface area contributed by atoms with Crippen molar-refractivity contribution in [3.05, 3.63) is 83.9 Å². The standard InChI is InChI=1S/C28H28N2O4/c29-18-25(20-33-19-21-9-3-1-4-10-21)30-27(32)28(15-7-2-8-16-28)34-26(31)24-14-13-22-11-5-6-12-23(22)17-24/h1,3-6,9-14,17,25H,2,7-8,15-16,19-20H2,(H,30,32). The van der Waals surface area contributed by atoms with Crippen LogP contribution in [0, 0.1) is 11.3 Å². The molecule has 0 aromatic heterocycles. The topological polar surface area (TPSA) is 88.4 Å². The highest BCUT2D eigenvalue weighted by Gasteiger charge is 2.44. The Balaban J connectivity index is 1.43. The number of nitrogens with zero attached hydrogens (tertiary/aromatic N) is 1. The van der Waals surface area contributed by atoms with Crippen LogP contribution in [0.4, 0.5) is 0 Å². The Morgan fingerprint density at radius 2 is 1.65 bits per heavy atom. The lowest BCUT2D eigenvalue weighted by atomic mass is 9.83. The van der Waals surface area contributed by atoms with Gasteiger partial charge in [0.15, 0.2) is 5.60 Å². The molecule has 0 saturated heterocycles. The molecule has 1 N–H and O–H groups in total. The van der Waals surface area contributed by atoms with Gasteiger partial charge in [0.05, 0.1) is 24.8 Å². The molecule has 0 radical (unpaired) electrons. The molecule has 1 unspecified atom stereocenters. The summed E-state index contributed by atoms with van der Waals surface area (Å²) in [4.78, 5) is 26.4. The third kappa shape index (κ3) is 5.62. The number of nitriles is 1. The zero-order valence-corrected chi connectivity index (χ0v) is 19.0. The molecule has 1 amide bonds. The van der Waals surface area contributed by atoms with E-state index < -0.39 is 23.5 Å². The summed E-state index contributed by atoms with van der Waals surface area (Å²) < 4.78 is 11.5. The molecule has 3 aromatic rings. The van der Waals surface area contributed by atoms with Crippen LogP contribution in [-0.4, -0.2) is 30.1 Å². The molecule has 1 aliphatic rings. The Kier molecular flexibility index (Phi) is 7.56. The molecule has 1 atom stereocenters. The predicted molar refractivity (Wildman–Crippen MR) is 129 cm³/mol. The third-order valence-corrected chi connectivity index (χ3v) is 6.21. The number of esters is 1. The summed E-state index contributed by atoms with van der Waals surface area (Å²) in [6.45, 7) is 0.392. The lowest BCUT2D eigenvalue weighted by Gasteiger charge is -2.35. The van der Waals surface area contributed by atoms with Gasteiger partial charge in [-0.05, 0) is 54.2 Å². The van der Waals surface area contributed by atoms with Crippen molar-refractivity contribution in [2.45, 2.75) is 50.4 Å². The van der Waals surface area contributed by atoms with E-state index >= 15 is 0 Å². The zero-order chi connectivity index (χ0) is 23.8. The quantitative estimate of drug-likeness (QED) is 0.486. The molecule has 1 aliphatic carbocycles. The van der Waals surface area contributed by atoms with Crippen LogP contribution in [0.3, 0.4) is 0 Å². The van der Waals surface area contributed by atoms with Crippen LogP contribution >= 0.6 is 0 Å². The number of amides is 1. The van der Waals surface area contributed by atoms with Gasteiger partial charge in [-0.15, -0.1) is 0 Å². The fourth-order valence-corrected chi connectivity index (χ4v) is 4.32. The summed E-state index contributed by atoms with van der Waals surface area (Å²) in [5.74, 6) is -0.965. The average Bonchev–Trinajstić information content (AvgIpc) is 2.88. The lowest BCUT2D eigenvalue weighted by Crippen LogP contribution is -2.54. The summed E-state index contributed by atoms with van der Waals surface area (Å²) in [5.41, 5.74) is 0.105. The second-order valence-corrected chi connectivity index (χ2v) is 8.66. The molecule has 6 heteroatoms. The summed E-state index contributed by atoms with van der Waals surface area (Å²) >= 11 is 0. The molecule has 3 aromatic carbocycles. The van der Waals surface area contributed by atoms with E-state index in [1.807, 2.05) is 60.7 Å². The normalized spacial score (nSPS) is 15.7. The fraction of sp³-hybridized carbons (Fsp3) is 0.321. The summed E-state index contributed by atoms with van der Waals surface area (Å²) in [6.07, 6.45) is 3.40. The minimum absolute atomic E-state index is 0.0475. The van der Waals surface area contributed by atoms with E-state index in [1.54, 1.807) is 12.1 Å². The molecular formula is C28H28N2O4. The molecule has 34 heavy (non-hydrogen) atoms. The maximum Gasteiger partial charge on any atom is 0.339 e. The number of carbonyl (C=O) groups is 2. The van der Waals surface area contributed by atoms with E-state index in [1.165, 1.54) is 0 Å². The molecule has 0 bridgehead atoms. The first-order valence-corrected chi connectivity index (χ1v) is 11.6. The molecule has 0 heterocycles. The molecule has 0 aliphatic heterocycles. The first kappa shape index (κ1) is 23.5. The number of rotatable bonds is 8. The van der Waals surface area contributed by atoms with Crippen molar-refractivity contribution in [1.29, 1.82) is 5.26 Å². The maximum atomic E-state index is 13.3. The molecule has 1 saturated carbocycles. The Hall–Kier alpha value is -3.69. The summed E-state index contributed by atoms with van der Waals surface area (Å²) in [6, 6.07) is 24.0. The van der Waals surface area contributed by atoms with E-state index in [-0.39, 0.29) is 6.61 Å². The van der Waals surface area contributed by atoms with E-state index in [2.05, 4.69) is 11.4 Å². The van der Waals surface area contributed by atoms with E-state index in [4.69, 9.17) is 9.47 Å². The lowest BCUT2D eigenvalue weighted by molar-refractivity contribution is -0.145. The highest BCUT2D eigenvalue weighted by atomic mass is 16.6. The van der Waals surface area contributed by atoms with Crippen molar-refractivity contribution in [3.8, 4) is 6.07 Å². The second kappa shape index (κ2) is 11.0. The van der Waals surface area contributed by atoms with Crippen molar-refractivity contribution >= 4 is 22.6 Å². The average molecular weight is 457 g/mol. The number of hydrogen-bond acceptors (Lipinski definition) is 5. The number of nitrogens with one attached hydrogen (secondary N) is 1. The van der Waals surface area contributed by atoms with Crippen molar-refractivity contribution in [3.63, 3.8) is 0 Å². The highest BCUT2D eigenvalue weighted by Crippen LogP contribution is 2.33. The van der Waals surface area contributed by atoms with Gasteiger partial charge in [0.25, 0.3) is 5.91 Å². The molecular weight excluding hydrogens is 428 g/mol. The number of fused-ring (bicyclic) bond motifs is 1. The first-order chi connectivity index (χ1) is 16.6. The number of hydrogen-bond donors (Lipinski definition) is 1. The van der Waals surface area contributed by atoms with Gasteiger partial charge in [0.1, 0.15) is 6.04 Å². The molecule has 6 nitrogen and oxygen atoms in total. The smallest absolute Gasteiger partial charge is 0.339 e. The monoisotopic (exact) mass is 456 g/mol. The van der Waals surface area contributed by atoms with Crippen LogP contribution in [0.2, 0.25) is 0 Å². The number of carbonyl (C=O) groups excluding carboxylic acids is 2. The minimum atomic E-state index is -1.28. The van der Waals surface area contributed by atoms with Crippen molar-refractivity contribution < 1.29 is 19.1 Å². The SMILES string of the molecule is N#CC(COCc1ccccc1)NC(=O)C1(OC(=O)c2ccc3ccccc3c2)CCCCC1. The first-order valence-electron chi connectivity index (χ1n) is 11.6. The van der Waals surface area contributed by atoms with Gasteiger partial charge in [-0.1, -0.05) is 67.1 Å². The molecule has 0 spiro atoms. The van der Waals surface area contributed by atoms with Crippen LogP contribution < -0.4 is 5.32 Å². The Morgan fingerprint density at radius 1 is 0.941 bits per heavy atom. The van der Waals surface area contributed by atoms with Gasteiger partial charge in [0.2, 0.25) is 0 Å². The van der Waals surface area contributed by atoms with Crippen molar-refractivity contribution in [2.75, 3.05) is 6.61 Å². The van der Waals surface area contributed by atoms with Gasteiger partial charge in [-0.3, -0.25) is 4.79 Å².